The molecule has 0 radical (unpaired) electrons. The van der Waals surface area contributed by atoms with Crippen molar-refractivity contribution >= 4 is 40.4 Å². The van der Waals surface area contributed by atoms with Crippen LogP contribution in [-0.2, 0) is 6.54 Å². The Morgan fingerprint density at radius 1 is 1.38 bits per heavy atom. The average molecular weight is 435 g/mol. The molecule has 2 N–H and O–H groups in total. The summed E-state index contributed by atoms with van der Waals surface area (Å²) in [4.78, 5) is 11.3. The number of rotatable bonds is 5. The lowest BCUT2D eigenvalue weighted by Crippen LogP contribution is -2.20. The number of aromatic amines is 1. The van der Waals surface area contributed by atoms with E-state index in [0.717, 1.165) is 39.8 Å². The molecular formula is C18H20ClFN8S. The Balaban J connectivity index is 0.00000205. The fourth-order valence-corrected chi connectivity index (χ4v) is 4.17. The first-order valence-electron chi connectivity index (χ1n) is 9.08. The Kier molecular flexibility index (Phi) is 5.48. The number of likely N-dealkylation sites (tertiary alicyclic amines) is 1. The van der Waals surface area contributed by atoms with Gasteiger partial charge in [0.05, 0.1) is 29.5 Å². The van der Waals surface area contributed by atoms with Crippen LogP contribution in [0.25, 0.3) is 16.9 Å². The Hall–Kier alpha value is -2.56. The highest BCUT2D eigenvalue weighted by atomic mass is 35.5. The summed E-state index contributed by atoms with van der Waals surface area (Å²) in [5.74, 6) is 0.676. The van der Waals surface area contributed by atoms with E-state index in [4.69, 9.17) is 0 Å². The van der Waals surface area contributed by atoms with Gasteiger partial charge in [-0.2, -0.15) is 9.47 Å². The van der Waals surface area contributed by atoms with Crippen molar-refractivity contribution in [2.75, 3.05) is 18.4 Å². The molecule has 4 aromatic heterocycles. The number of imidazole rings is 1. The molecule has 5 heterocycles. The summed E-state index contributed by atoms with van der Waals surface area (Å²) < 4.78 is 19.9. The number of aryl methyl sites for hydroxylation is 1. The normalized spacial score (nSPS) is 17.0. The quantitative estimate of drug-likeness (QED) is 0.499. The van der Waals surface area contributed by atoms with E-state index in [1.54, 1.807) is 6.20 Å². The maximum atomic E-state index is 13.4. The smallest absolute Gasteiger partial charge is 0.180 e. The van der Waals surface area contributed by atoms with Crippen LogP contribution < -0.4 is 5.32 Å². The molecule has 0 aliphatic carbocycles. The second-order valence-corrected chi connectivity index (χ2v) is 7.79. The van der Waals surface area contributed by atoms with Crippen molar-refractivity contribution in [2.45, 2.75) is 26.1 Å². The van der Waals surface area contributed by atoms with E-state index < -0.39 is 6.17 Å². The van der Waals surface area contributed by atoms with E-state index in [-0.39, 0.29) is 12.4 Å². The minimum Gasteiger partial charge on any atom is -0.328 e. The van der Waals surface area contributed by atoms with Gasteiger partial charge in [0, 0.05) is 37.6 Å². The highest BCUT2D eigenvalue weighted by Gasteiger charge is 2.22. The van der Waals surface area contributed by atoms with Crippen LogP contribution in [0.3, 0.4) is 0 Å². The maximum Gasteiger partial charge on any atom is 0.180 e. The van der Waals surface area contributed by atoms with E-state index in [0.29, 0.717) is 25.3 Å². The average Bonchev–Trinajstić information content (AvgIpc) is 3.43. The standard InChI is InChI=1S/C18H19FN8S.ClH/c1-11-8-27-15(12-5-21-22-6-12)7-20-18(27)17(23-11)24-16-4-14(25-28-16)10-26-3-2-13(19)9-26;/h4-8,13H,2-3,9-10H2,1H3,(H,21,22)(H,23,24);1H/t13-;/m0./s1. The fraction of sp³-hybridized carbons (Fsp3) is 0.333. The van der Waals surface area contributed by atoms with Crippen molar-refractivity contribution in [3.63, 3.8) is 0 Å². The Morgan fingerprint density at radius 3 is 3.03 bits per heavy atom. The van der Waals surface area contributed by atoms with Crippen LogP contribution in [-0.4, -0.2) is 53.1 Å². The molecule has 0 aromatic carbocycles. The van der Waals surface area contributed by atoms with Gasteiger partial charge < -0.3 is 5.32 Å². The summed E-state index contributed by atoms with van der Waals surface area (Å²) in [6.45, 7) is 3.89. The van der Waals surface area contributed by atoms with Gasteiger partial charge >= 0.3 is 0 Å². The topological polar surface area (TPSA) is 87.0 Å². The molecule has 1 aliphatic heterocycles. The predicted molar refractivity (Wildman–Crippen MR) is 113 cm³/mol. The minimum atomic E-state index is -0.717. The van der Waals surface area contributed by atoms with Gasteiger partial charge in [-0.25, -0.2) is 14.4 Å². The van der Waals surface area contributed by atoms with Gasteiger partial charge in [0.2, 0.25) is 0 Å². The third kappa shape index (κ3) is 3.96. The van der Waals surface area contributed by atoms with Gasteiger partial charge in [0.15, 0.2) is 11.5 Å². The van der Waals surface area contributed by atoms with Crippen molar-refractivity contribution in [1.29, 1.82) is 0 Å². The van der Waals surface area contributed by atoms with E-state index in [2.05, 4.69) is 34.8 Å². The maximum absolute atomic E-state index is 13.4. The zero-order valence-electron chi connectivity index (χ0n) is 15.7. The van der Waals surface area contributed by atoms with Gasteiger partial charge in [-0.05, 0) is 30.9 Å². The Morgan fingerprint density at radius 2 is 2.28 bits per heavy atom. The number of halogens is 2. The SMILES string of the molecule is Cc1cn2c(-c3cn[nH]c3)cnc2c(Nc2cc(CN3CC[C@H](F)C3)ns2)n1.Cl. The minimum absolute atomic E-state index is 0. The third-order valence-corrected chi connectivity index (χ3v) is 5.55. The molecular weight excluding hydrogens is 415 g/mol. The fourth-order valence-electron chi connectivity index (χ4n) is 3.52. The zero-order chi connectivity index (χ0) is 19.1. The summed E-state index contributed by atoms with van der Waals surface area (Å²) >= 11 is 1.37. The number of anilines is 2. The number of nitrogens with zero attached hydrogens (tertiary/aromatic N) is 6. The zero-order valence-corrected chi connectivity index (χ0v) is 17.3. The van der Waals surface area contributed by atoms with Gasteiger partial charge in [-0.15, -0.1) is 12.4 Å². The van der Waals surface area contributed by atoms with Crippen LogP contribution in [0.4, 0.5) is 15.2 Å². The summed E-state index contributed by atoms with van der Waals surface area (Å²) in [6.07, 6.45) is 7.26. The molecule has 4 aromatic rings. The second kappa shape index (κ2) is 8.05. The summed E-state index contributed by atoms with van der Waals surface area (Å²) in [5.41, 5.74) is 4.44. The van der Waals surface area contributed by atoms with E-state index in [1.807, 2.05) is 36.0 Å². The molecule has 0 saturated carbocycles. The lowest BCUT2D eigenvalue weighted by atomic mass is 10.3. The molecule has 0 spiro atoms. The molecule has 0 amide bonds. The lowest BCUT2D eigenvalue weighted by Gasteiger charge is -2.11. The van der Waals surface area contributed by atoms with Crippen LogP contribution in [0.2, 0.25) is 0 Å². The van der Waals surface area contributed by atoms with Crippen molar-refractivity contribution in [3.05, 3.63) is 42.2 Å². The number of H-pyrrole nitrogens is 1. The molecule has 1 aliphatic rings. The number of fused-ring (bicyclic) bond motifs is 1. The van der Waals surface area contributed by atoms with Crippen molar-refractivity contribution in [2.24, 2.45) is 0 Å². The van der Waals surface area contributed by atoms with Gasteiger partial charge in [0.1, 0.15) is 11.2 Å². The lowest BCUT2D eigenvalue weighted by molar-refractivity contribution is 0.281. The third-order valence-electron chi connectivity index (χ3n) is 4.81. The number of alkyl halides is 1. The first kappa shape index (κ1) is 19.7. The molecule has 1 fully saturated rings. The monoisotopic (exact) mass is 434 g/mol. The number of hydrogen-bond acceptors (Lipinski definition) is 7. The highest BCUT2D eigenvalue weighted by molar-refractivity contribution is 7.10. The first-order chi connectivity index (χ1) is 13.7. The molecule has 0 bridgehead atoms. The van der Waals surface area contributed by atoms with Gasteiger partial charge in [0.25, 0.3) is 0 Å². The van der Waals surface area contributed by atoms with Crippen LogP contribution in [0.15, 0.2) is 30.9 Å². The summed E-state index contributed by atoms with van der Waals surface area (Å²) in [5, 5.41) is 11.1. The van der Waals surface area contributed by atoms with E-state index >= 15 is 0 Å². The van der Waals surface area contributed by atoms with Crippen LogP contribution in [0.5, 0.6) is 0 Å². The van der Waals surface area contributed by atoms with E-state index in [1.165, 1.54) is 11.5 Å². The van der Waals surface area contributed by atoms with Crippen molar-refractivity contribution < 1.29 is 4.39 Å². The van der Waals surface area contributed by atoms with Crippen LogP contribution >= 0.6 is 23.9 Å². The van der Waals surface area contributed by atoms with Crippen LogP contribution in [0.1, 0.15) is 17.8 Å². The molecule has 1 saturated heterocycles. The summed E-state index contributed by atoms with van der Waals surface area (Å²) in [6, 6.07) is 2.00. The molecule has 1 atom stereocenters. The molecule has 152 valence electrons. The van der Waals surface area contributed by atoms with Gasteiger partial charge in [-0.3, -0.25) is 14.4 Å². The largest absolute Gasteiger partial charge is 0.328 e. The Bertz CT molecular complexity index is 1110. The van der Waals surface area contributed by atoms with Crippen molar-refractivity contribution in [1.82, 2.24) is 33.8 Å². The molecule has 11 heteroatoms. The number of aromatic nitrogens is 6. The predicted octanol–water partition coefficient (Wildman–Crippen LogP) is 3.59. The highest BCUT2D eigenvalue weighted by Crippen LogP contribution is 2.28. The number of nitrogens with one attached hydrogen (secondary N) is 2. The molecule has 8 nitrogen and oxygen atoms in total. The molecule has 0 unspecified atom stereocenters. The summed E-state index contributed by atoms with van der Waals surface area (Å²) in [7, 11) is 0. The van der Waals surface area contributed by atoms with Crippen molar-refractivity contribution in [3.8, 4) is 11.3 Å². The second-order valence-electron chi connectivity index (χ2n) is 6.98. The molecule has 5 rings (SSSR count). The first-order valence-corrected chi connectivity index (χ1v) is 9.86. The Labute approximate surface area is 176 Å². The van der Waals surface area contributed by atoms with Crippen LogP contribution in [0, 0.1) is 6.92 Å². The van der Waals surface area contributed by atoms with Gasteiger partial charge in [-0.1, -0.05) is 0 Å². The van der Waals surface area contributed by atoms with E-state index in [9.17, 15) is 4.39 Å². The molecule has 29 heavy (non-hydrogen) atoms. The number of hydrogen-bond donors (Lipinski definition) is 2.